The van der Waals surface area contributed by atoms with Crippen molar-refractivity contribution in [2.24, 2.45) is 0 Å². The maximum absolute atomic E-state index is 12.7. The van der Waals surface area contributed by atoms with Crippen LogP contribution in [0.2, 0.25) is 0 Å². The number of hydrogen-bond donors (Lipinski definition) is 1. The lowest BCUT2D eigenvalue weighted by Gasteiger charge is -2.20. The molecular formula is C23H31NO5S. The van der Waals surface area contributed by atoms with Crippen molar-refractivity contribution in [3.05, 3.63) is 42.0 Å². The van der Waals surface area contributed by atoms with Crippen LogP contribution in [0.25, 0.3) is 0 Å². The Balaban J connectivity index is 2.05. The lowest BCUT2D eigenvalue weighted by atomic mass is 10.1. The Labute approximate surface area is 183 Å². The number of amides is 1. The fourth-order valence-electron chi connectivity index (χ4n) is 2.90. The first-order chi connectivity index (χ1) is 14.4. The zero-order valence-corrected chi connectivity index (χ0v) is 19.3. The minimum absolute atomic E-state index is 0.0471. The zero-order valence-electron chi connectivity index (χ0n) is 18.5. The molecule has 0 radical (unpaired) electrons. The van der Waals surface area contributed by atoms with Crippen LogP contribution >= 0.6 is 11.8 Å². The summed E-state index contributed by atoms with van der Waals surface area (Å²) in [5.74, 6) is 2.65. The number of rotatable bonds is 11. The average molecular weight is 434 g/mol. The third kappa shape index (κ3) is 6.23. The first-order valence-electron chi connectivity index (χ1n) is 10.0. The molecule has 7 heteroatoms. The van der Waals surface area contributed by atoms with Gasteiger partial charge < -0.3 is 24.3 Å². The Kier molecular flexibility index (Phi) is 9.17. The normalized spacial score (nSPS) is 12.6. The van der Waals surface area contributed by atoms with Crippen molar-refractivity contribution >= 4 is 17.7 Å². The second-order valence-corrected chi connectivity index (χ2v) is 7.99. The number of methoxy groups -OCH3 is 2. The van der Waals surface area contributed by atoms with Gasteiger partial charge in [0.1, 0.15) is 0 Å². The molecule has 2 aromatic carbocycles. The third-order valence-corrected chi connectivity index (χ3v) is 5.56. The van der Waals surface area contributed by atoms with E-state index in [1.165, 1.54) is 11.8 Å². The van der Waals surface area contributed by atoms with Gasteiger partial charge in [0.05, 0.1) is 38.7 Å². The Bertz CT molecular complexity index is 842. The fraction of sp³-hybridized carbons (Fsp3) is 0.435. The van der Waals surface area contributed by atoms with Gasteiger partial charge >= 0.3 is 0 Å². The summed E-state index contributed by atoms with van der Waals surface area (Å²) < 4.78 is 21.9. The molecule has 1 amide bonds. The first kappa shape index (κ1) is 23.7. The number of hydrogen-bond acceptors (Lipinski definition) is 6. The maximum atomic E-state index is 12.7. The van der Waals surface area contributed by atoms with E-state index in [-0.39, 0.29) is 17.2 Å². The van der Waals surface area contributed by atoms with Crippen LogP contribution < -0.4 is 24.3 Å². The van der Waals surface area contributed by atoms with Crippen LogP contribution in [0.15, 0.2) is 41.3 Å². The quantitative estimate of drug-likeness (QED) is 0.511. The molecule has 1 N–H and O–H groups in total. The summed E-state index contributed by atoms with van der Waals surface area (Å²) in [6.45, 7) is 8.81. The largest absolute Gasteiger partial charge is 0.493 e. The summed E-state index contributed by atoms with van der Waals surface area (Å²) in [7, 11) is 3.19. The van der Waals surface area contributed by atoms with Crippen molar-refractivity contribution in [1.29, 1.82) is 0 Å². The van der Waals surface area contributed by atoms with Gasteiger partial charge in [-0.25, -0.2) is 0 Å². The van der Waals surface area contributed by atoms with Gasteiger partial charge in [-0.15, -0.1) is 11.8 Å². The number of carbonyl (C=O) groups excluding carboxylic acids is 1. The Morgan fingerprint density at radius 1 is 0.900 bits per heavy atom. The van der Waals surface area contributed by atoms with Gasteiger partial charge in [-0.2, -0.15) is 0 Å². The summed E-state index contributed by atoms with van der Waals surface area (Å²) in [5, 5.41) is 2.80. The highest BCUT2D eigenvalue weighted by molar-refractivity contribution is 8.00. The summed E-state index contributed by atoms with van der Waals surface area (Å²) in [5.41, 5.74) is 0.957. The summed E-state index contributed by atoms with van der Waals surface area (Å²) in [6, 6.07) is 11.2. The van der Waals surface area contributed by atoms with E-state index >= 15 is 0 Å². The Morgan fingerprint density at radius 3 is 2.17 bits per heavy atom. The van der Waals surface area contributed by atoms with Gasteiger partial charge in [-0.05, 0) is 63.6 Å². The molecule has 0 unspecified atom stereocenters. The van der Waals surface area contributed by atoms with Crippen LogP contribution in [0.3, 0.4) is 0 Å². The minimum atomic E-state index is -0.278. The van der Waals surface area contributed by atoms with Crippen molar-refractivity contribution in [2.75, 3.05) is 27.4 Å². The van der Waals surface area contributed by atoms with Crippen LogP contribution in [0, 0.1) is 0 Å². The molecule has 0 spiro atoms. The van der Waals surface area contributed by atoms with Gasteiger partial charge in [0.25, 0.3) is 0 Å². The molecule has 2 rings (SSSR count). The van der Waals surface area contributed by atoms with Crippen molar-refractivity contribution in [1.82, 2.24) is 5.32 Å². The number of nitrogens with one attached hydrogen (secondary N) is 1. The van der Waals surface area contributed by atoms with Crippen LogP contribution in [0.5, 0.6) is 23.0 Å². The molecule has 0 aliphatic heterocycles. The van der Waals surface area contributed by atoms with Crippen LogP contribution in [0.1, 0.15) is 39.3 Å². The van der Waals surface area contributed by atoms with E-state index in [1.807, 2.05) is 64.1 Å². The Morgan fingerprint density at radius 2 is 1.53 bits per heavy atom. The standard InChI is InChI=1S/C23H31NO5S/c1-7-28-20-11-9-17(13-22(20)29-8-2)15(3)24-23(25)16(4)30-18-10-12-19(26-5)21(14-18)27-6/h9-16H,7-8H2,1-6H3,(H,24,25)/t15-,16+/m1/s1. The molecule has 0 fully saturated rings. The molecule has 0 aliphatic carbocycles. The number of ether oxygens (including phenoxy) is 4. The highest BCUT2D eigenvalue weighted by Gasteiger charge is 2.19. The maximum Gasteiger partial charge on any atom is 0.233 e. The van der Waals surface area contributed by atoms with Gasteiger partial charge in [-0.1, -0.05) is 6.07 Å². The topological polar surface area (TPSA) is 66.0 Å². The fourth-order valence-corrected chi connectivity index (χ4v) is 3.80. The second-order valence-electron chi connectivity index (χ2n) is 6.58. The van der Waals surface area contributed by atoms with Gasteiger partial charge in [0.2, 0.25) is 5.91 Å². The molecular weight excluding hydrogens is 402 g/mol. The molecule has 6 nitrogen and oxygen atoms in total. The molecule has 0 aliphatic rings. The van der Waals surface area contributed by atoms with Crippen LogP contribution in [-0.4, -0.2) is 38.6 Å². The highest BCUT2D eigenvalue weighted by atomic mass is 32.2. The van der Waals surface area contributed by atoms with E-state index in [2.05, 4.69) is 5.32 Å². The smallest absolute Gasteiger partial charge is 0.233 e. The van der Waals surface area contributed by atoms with Gasteiger partial charge in [0.15, 0.2) is 23.0 Å². The highest BCUT2D eigenvalue weighted by Crippen LogP contribution is 2.34. The van der Waals surface area contributed by atoms with Crippen molar-refractivity contribution in [3.63, 3.8) is 0 Å². The second kappa shape index (κ2) is 11.6. The van der Waals surface area contributed by atoms with Crippen LogP contribution in [-0.2, 0) is 4.79 Å². The summed E-state index contributed by atoms with van der Waals surface area (Å²) in [6.07, 6.45) is 0. The van der Waals surface area contributed by atoms with E-state index < -0.39 is 0 Å². The Hall–Kier alpha value is -2.54. The summed E-state index contributed by atoms with van der Waals surface area (Å²) in [4.78, 5) is 13.7. The molecule has 2 atom stereocenters. The lowest BCUT2D eigenvalue weighted by Crippen LogP contribution is -2.33. The molecule has 2 aromatic rings. The van der Waals surface area contributed by atoms with Crippen molar-refractivity contribution in [3.8, 4) is 23.0 Å². The van der Waals surface area contributed by atoms with E-state index in [1.54, 1.807) is 14.2 Å². The lowest BCUT2D eigenvalue weighted by molar-refractivity contribution is -0.120. The monoisotopic (exact) mass is 433 g/mol. The van der Waals surface area contributed by atoms with E-state index in [0.29, 0.717) is 36.2 Å². The number of benzene rings is 2. The van der Waals surface area contributed by atoms with Crippen molar-refractivity contribution in [2.45, 2.75) is 43.9 Å². The van der Waals surface area contributed by atoms with Crippen LogP contribution in [0.4, 0.5) is 0 Å². The zero-order chi connectivity index (χ0) is 22.1. The van der Waals surface area contributed by atoms with E-state index in [9.17, 15) is 4.79 Å². The molecule has 0 aromatic heterocycles. The third-order valence-electron chi connectivity index (χ3n) is 4.46. The SMILES string of the molecule is CCOc1ccc([C@@H](C)NC(=O)[C@H](C)Sc2ccc(OC)c(OC)c2)cc1OCC. The number of thioether (sulfide) groups is 1. The molecule has 30 heavy (non-hydrogen) atoms. The number of carbonyl (C=O) groups is 1. The van der Waals surface area contributed by atoms with E-state index in [4.69, 9.17) is 18.9 Å². The first-order valence-corrected chi connectivity index (χ1v) is 10.9. The molecule has 0 bridgehead atoms. The predicted octanol–water partition coefficient (Wildman–Crippen LogP) is 4.86. The predicted molar refractivity (Wildman–Crippen MR) is 120 cm³/mol. The molecule has 164 valence electrons. The minimum Gasteiger partial charge on any atom is -0.493 e. The van der Waals surface area contributed by atoms with Crippen molar-refractivity contribution < 1.29 is 23.7 Å². The average Bonchev–Trinajstić information content (AvgIpc) is 2.74. The van der Waals surface area contributed by atoms with Gasteiger partial charge in [0, 0.05) is 4.90 Å². The summed E-state index contributed by atoms with van der Waals surface area (Å²) >= 11 is 1.47. The molecule has 0 heterocycles. The molecule has 0 saturated carbocycles. The molecule has 0 saturated heterocycles. The van der Waals surface area contributed by atoms with E-state index in [0.717, 1.165) is 10.5 Å². The van der Waals surface area contributed by atoms with Gasteiger partial charge in [-0.3, -0.25) is 4.79 Å².